The van der Waals surface area contributed by atoms with Crippen LogP contribution in [0.15, 0.2) is 23.2 Å². The van der Waals surface area contributed by atoms with Gasteiger partial charge in [0, 0.05) is 6.21 Å². The van der Waals surface area contributed by atoms with Gasteiger partial charge in [-0.3, -0.25) is 4.99 Å². The summed E-state index contributed by atoms with van der Waals surface area (Å²) < 4.78 is 5.27. The van der Waals surface area contributed by atoms with E-state index in [-0.39, 0.29) is 0 Å². The van der Waals surface area contributed by atoms with Crippen LogP contribution in [0.3, 0.4) is 0 Å². The van der Waals surface area contributed by atoms with Gasteiger partial charge in [-0.15, -0.1) is 0 Å². The van der Waals surface area contributed by atoms with Crippen LogP contribution in [0.2, 0.25) is 5.02 Å². The minimum absolute atomic E-state index is 0.511. The minimum Gasteiger partial charge on any atom is -0.484 e. The van der Waals surface area contributed by atoms with Gasteiger partial charge in [0.15, 0.2) is 5.75 Å². The fourth-order valence-electron chi connectivity index (χ4n) is 0.998. The Morgan fingerprint density at radius 3 is 3.18 bits per heavy atom. The third kappa shape index (κ3) is 1.10. The summed E-state index contributed by atoms with van der Waals surface area (Å²) in [5.74, 6) is 0.691. The fraction of sp³-hybridized carbons (Fsp3) is 0.125. The molecule has 0 aromatic heterocycles. The summed E-state index contributed by atoms with van der Waals surface area (Å²) in [7, 11) is 0. The zero-order chi connectivity index (χ0) is 7.68. The lowest BCUT2D eigenvalue weighted by Gasteiger charge is -2.11. The van der Waals surface area contributed by atoms with Gasteiger partial charge in [-0.25, -0.2) is 0 Å². The van der Waals surface area contributed by atoms with E-state index in [0.29, 0.717) is 17.4 Å². The molecule has 0 bridgehead atoms. The first-order chi connectivity index (χ1) is 5.38. The summed E-state index contributed by atoms with van der Waals surface area (Å²) in [5.41, 5.74) is 0.809. The summed E-state index contributed by atoms with van der Waals surface area (Å²) in [5, 5.41) is 0.624. The maximum absolute atomic E-state index is 5.84. The van der Waals surface area contributed by atoms with Gasteiger partial charge < -0.3 is 4.74 Å². The molecule has 1 aliphatic rings. The SMILES string of the molecule is Clc1cccc2c1OCC=N2. The van der Waals surface area contributed by atoms with E-state index in [2.05, 4.69) is 4.99 Å². The maximum Gasteiger partial charge on any atom is 0.164 e. The van der Waals surface area contributed by atoms with E-state index < -0.39 is 0 Å². The van der Waals surface area contributed by atoms with Gasteiger partial charge in [-0.05, 0) is 12.1 Å². The van der Waals surface area contributed by atoms with E-state index in [1.54, 1.807) is 12.3 Å². The average Bonchev–Trinajstić information content (AvgIpc) is 2.06. The lowest BCUT2D eigenvalue weighted by molar-refractivity contribution is 0.377. The molecular formula is C8H6ClNO. The molecule has 56 valence electrons. The molecule has 0 fully saturated rings. The van der Waals surface area contributed by atoms with Gasteiger partial charge >= 0.3 is 0 Å². The summed E-state index contributed by atoms with van der Waals surface area (Å²) in [6.07, 6.45) is 1.72. The zero-order valence-corrected chi connectivity index (χ0v) is 6.51. The molecule has 0 N–H and O–H groups in total. The van der Waals surface area contributed by atoms with Crippen LogP contribution < -0.4 is 4.74 Å². The predicted octanol–water partition coefficient (Wildman–Crippen LogP) is 2.43. The molecule has 0 radical (unpaired) electrons. The molecule has 0 unspecified atom stereocenters. The van der Waals surface area contributed by atoms with Crippen molar-refractivity contribution in [2.45, 2.75) is 0 Å². The van der Waals surface area contributed by atoms with Gasteiger partial charge in [0.05, 0.1) is 5.02 Å². The van der Waals surface area contributed by atoms with Crippen molar-refractivity contribution in [1.29, 1.82) is 0 Å². The Bertz CT molecular complexity index is 309. The number of ether oxygens (including phenoxy) is 1. The molecule has 1 heterocycles. The highest BCUT2D eigenvalue weighted by molar-refractivity contribution is 6.32. The van der Waals surface area contributed by atoms with Crippen LogP contribution in [-0.4, -0.2) is 12.8 Å². The highest BCUT2D eigenvalue weighted by atomic mass is 35.5. The second-order valence-electron chi connectivity index (χ2n) is 2.21. The number of nitrogens with zero attached hydrogens (tertiary/aromatic N) is 1. The number of benzene rings is 1. The first-order valence-corrected chi connectivity index (χ1v) is 3.69. The van der Waals surface area contributed by atoms with Gasteiger partial charge in [0.25, 0.3) is 0 Å². The van der Waals surface area contributed by atoms with Crippen molar-refractivity contribution < 1.29 is 4.74 Å². The van der Waals surface area contributed by atoms with Gasteiger partial charge in [0.2, 0.25) is 0 Å². The Morgan fingerprint density at radius 2 is 2.36 bits per heavy atom. The topological polar surface area (TPSA) is 21.6 Å². The number of hydrogen-bond donors (Lipinski definition) is 0. The molecule has 3 heteroatoms. The van der Waals surface area contributed by atoms with Crippen LogP contribution in [0.25, 0.3) is 0 Å². The summed E-state index contributed by atoms with van der Waals surface area (Å²) in [4.78, 5) is 4.12. The van der Waals surface area contributed by atoms with E-state index in [4.69, 9.17) is 16.3 Å². The lowest BCUT2D eigenvalue weighted by atomic mass is 10.3. The molecule has 0 aliphatic carbocycles. The van der Waals surface area contributed by atoms with Crippen molar-refractivity contribution in [3.05, 3.63) is 23.2 Å². The number of rotatable bonds is 0. The van der Waals surface area contributed by atoms with Crippen LogP contribution in [0.1, 0.15) is 0 Å². The molecular weight excluding hydrogens is 162 g/mol. The fourth-order valence-corrected chi connectivity index (χ4v) is 1.22. The van der Waals surface area contributed by atoms with Crippen molar-refractivity contribution in [2.75, 3.05) is 6.61 Å². The third-order valence-electron chi connectivity index (χ3n) is 1.48. The summed E-state index contributed by atoms with van der Waals surface area (Å²) in [6, 6.07) is 5.52. The largest absolute Gasteiger partial charge is 0.484 e. The Kier molecular flexibility index (Phi) is 1.55. The molecule has 1 aromatic rings. The van der Waals surface area contributed by atoms with Crippen molar-refractivity contribution >= 4 is 23.5 Å². The predicted molar refractivity (Wildman–Crippen MR) is 45.1 cm³/mol. The number of aliphatic imine (C=N–C) groups is 1. The number of hydrogen-bond acceptors (Lipinski definition) is 2. The maximum atomic E-state index is 5.84. The molecule has 1 aromatic carbocycles. The highest BCUT2D eigenvalue weighted by Gasteiger charge is 2.09. The highest BCUT2D eigenvalue weighted by Crippen LogP contribution is 2.35. The van der Waals surface area contributed by atoms with Crippen molar-refractivity contribution in [3.63, 3.8) is 0 Å². The lowest BCUT2D eigenvalue weighted by Crippen LogP contribution is -2.02. The van der Waals surface area contributed by atoms with Gasteiger partial charge in [-0.1, -0.05) is 17.7 Å². The van der Waals surface area contributed by atoms with Crippen molar-refractivity contribution in [3.8, 4) is 5.75 Å². The van der Waals surface area contributed by atoms with E-state index >= 15 is 0 Å². The van der Waals surface area contributed by atoms with Gasteiger partial charge in [-0.2, -0.15) is 0 Å². The van der Waals surface area contributed by atoms with Crippen LogP contribution >= 0.6 is 11.6 Å². The van der Waals surface area contributed by atoms with Crippen molar-refractivity contribution in [1.82, 2.24) is 0 Å². The second kappa shape index (κ2) is 2.55. The Hall–Kier alpha value is -1.02. The van der Waals surface area contributed by atoms with Gasteiger partial charge in [0.1, 0.15) is 12.3 Å². The molecule has 0 saturated heterocycles. The second-order valence-corrected chi connectivity index (χ2v) is 2.62. The Labute approximate surface area is 69.5 Å². The molecule has 2 nitrogen and oxygen atoms in total. The Balaban J connectivity index is 2.60. The third-order valence-corrected chi connectivity index (χ3v) is 1.78. The summed E-state index contributed by atoms with van der Waals surface area (Å²) >= 11 is 5.84. The van der Waals surface area contributed by atoms with Crippen LogP contribution in [0.4, 0.5) is 5.69 Å². The van der Waals surface area contributed by atoms with Crippen LogP contribution in [-0.2, 0) is 0 Å². The van der Waals surface area contributed by atoms with E-state index in [1.165, 1.54) is 0 Å². The summed E-state index contributed by atoms with van der Waals surface area (Å²) in [6.45, 7) is 0.511. The van der Waals surface area contributed by atoms with E-state index in [0.717, 1.165) is 5.69 Å². The zero-order valence-electron chi connectivity index (χ0n) is 5.75. The van der Waals surface area contributed by atoms with Crippen molar-refractivity contribution in [2.24, 2.45) is 4.99 Å². The standard InChI is InChI=1S/C8H6ClNO/c9-6-2-1-3-7-8(6)11-5-4-10-7/h1-4H,5H2. The molecule has 2 rings (SSSR count). The first-order valence-electron chi connectivity index (χ1n) is 3.32. The molecule has 0 atom stereocenters. The van der Waals surface area contributed by atoms with Crippen LogP contribution in [0.5, 0.6) is 5.75 Å². The van der Waals surface area contributed by atoms with E-state index in [9.17, 15) is 0 Å². The minimum atomic E-state index is 0.511. The first kappa shape index (κ1) is 6.68. The molecule has 0 spiro atoms. The van der Waals surface area contributed by atoms with Crippen LogP contribution in [0, 0.1) is 0 Å². The quantitative estimate of drug-likeness (QED) is 0.582. The average molecular weight is 168 g/mol. The smallest absolute Gasteiger partial charge is 0.164 e. The normalized spacial score (nSPS) is 13.9. The monoisotopic (exact) mass is 167 g/mol. The number of para-hydroxylation sites is 1. The Morgan fingerprint density at radius 1 is 1.45 bits per heavy atom. The number of fused-ring (bicyclic) bond motifs is 1. The molecule has 11 heavy (non-hydrogen) atoms. The molecule has 1 aliphatic heterocycles. The molecule has 0 saturated carbocycles. The number of halogens is 1. The molecule has 0 amide bonds. The van der Waals surface area contributed by atoms with E-state index in [1.807, 2.05) is 12.1 Å².